The molecule has 1 amide bonds. The summed E-state index contributed by atoms with van der Waals surface area (Å²) in [4.78, 5) is 19.4. The Morgan fingerprint density at radius 3 is 2.96 bits per heavy atom. The number of carbonyl (C=O) groups is 1. The Kier molecular flexibility index (Phi) is 5.36. The number of ether oxygens (including phenoxy) is 1. The number of aryl methyl sites for hydroxylation is 1. The van der Waals surface area contributed by atoms with E-state index in [1.807, 2.05) is 19.9 Å². The number of rotatable bonds is 5. The van der Waals surface area contributed by atoms with E-state index in [1.54, 1.807) is 6.07 Å². The van der Waals surface area contributed by atoms with Crippen LogP contribution in [0.4, 0.5) is 0 Å². The summed E-state index contributed by atoms with van der Waals surface area (Å²) < 4.78 is 5.53. The number of pyridine rings is 1. The van der Waals surface area contributed by atoms with Gasteiger partial charge in [0.25, 0.3) is 5.91 Å². The van der Waals surface area contributed by atoms with Crippen LogP contribution in [-0.2, 0) is 0 Å². The fraction of sp³-hybridized carbons (Fsp3) is 0.667. The van der Waals surface area contributed by atoms with E-state index in [1.165, 1.54) is 0 Å². The lowest BCUT2D eigenvalue weighted by Crippen LogP contribution is -2.48. The van der Waals surface area contributed by atoms with Crippen LogP contribution in [0.25, 0.3) is 0 Å². The molecule has 1 aliphatic carbocycles. The molecule has 0 aromatic carbocycles. The van der Waals surface area contributed by atoms with Crippen LogP contribution in [0.3, 0.4) is 0 Å². The molecule has 2 aliphatic rings. The Labute approximate surface area is 143 Å². The summed E-state index contributed by atoms with van der Waals surface area (Å²) in [7, 11) is 0. The molecular weight excluding hydrogens is 306 g/mol. The zero-order chi connectivity index (χ0) is 17.1. The normalized spacial score (nSPS) is 27.4. The minimum absolute atomic E-state index is 0.123. The van der Waals surface area contributed by atoms with Gasteiger partial charge in [-0.3, -0.25) is 9.69 Å². The van der Waals surface area contributed by atoms with E-state index in [0.717, 1.165) is 37.9 Å². The van der Waals surface area contributed by atoms with Gasteiger partial charge in [-0.05, 0) is 51.7 Å². The molecule has 1 saturated heterocycles. The van der Waals surface area contributed by atoms with E-state index >= 15 is 0 Å². The standard InChI is InChI=1S/C18H27N3O3/c1-3-24-18-14(8-7-12(2)19-18)17(23)20-15-5-4-6-16(15)21-10-9-13(22)11-21/h7-8,13,15-16,22H,3-6,9-11H2,1-2H3,(H,20,23)/t13?,15-,16+/m1/s1. The molecular formula is C18H27N3O3. The van der Waals surface area contributed by atoms with Crippen molar-refractivity contribution in [3.05, 3.63) is 23.4 Å². The van der Waals surface area contributed by atoms with Crippen molar-refractivity contribution in [2.75, 3.05) is 19.7 Å². The molecule has 1 unspecified atom stereocenters. The van der Waals surface area contributed by atoms with E-state index in [-0.39, 0.29) is 18.1 Å². The van der Waals surface area contributed by atoms with Crippen LogP contribution in [0.1, 0.15) is 48.7 Å². The predicted molar refractivity (Wildman–Crippen MR) is 91.2 cm³/mol. The first-order valence-corrected chi connectivity index (χ1v) is 8.92. The summed E-state index contributed by atoms with van der Waals surface area (Å²) >= 11 is 0. The maximum absolute atomic E-state index is 12.7. The Hall–Kier alpha value is -1.66. The van der Waals surface area contributed by atoms with Gasteiger partial charge in [-0.1, -0.05) is 0 Å². The van der Waals surface area contributed by atoms with Crippen LogP contribution in [0.15, 0.2) is 12.1 Å². The van der Waals surface area contributed by atoms with Crippen molar-refractivity contribution >= 4 is 5.91 Å². The van der Waals surface area contributed by atoms with Crippen molar-refractivity contribution in [3.63, 3.8) is 0 Å². The molecule has 2 fully saturated rings. The quantitative estimate of drug-likeness (QED) is 0.854. The van der Waals surface area contributed by atoms with Gasteiger partial charge in [0.15, 0.2) is 0 Å². The largest absolute Gasteiger partial charge is 0.477 e. The van der Waals surface area contributed by atoms with Gasteiger partial charge in [-0.15, -0.1) is 0 Å². The number of amides is 1. The van der Waals surface area contributed by atoms with Gasteiger partial charge in [0, 0.05) is 30.9 Å². The van der Waals surface area contributed by atoms with Gasteiger partial charge in [0.1, 0.15) is 5.56 Å². The second kappa shape index (κ2) is 7.49. The maximum Gasteiger partial charge on any atom is 0.257 e. The molecule has 6 heteroatoms. The van der Waals surface area contributed by atoms with Crippen molar-refractivity contribution in [2.45, 2.75) is 57.7 Å². The molecule has 132 valence electrons. The molecule has 3 rings (SSSR count). The maximum atomic E-state index is 12.7. The molecule has 2 N–H and O–H groups in total. The molecule has 1 aromatic rings. The summed E-state index contributed by atoms with van der Waals surface area (Å²) in [5.74, 6) is 0.281. The first-order valence-electron chi connectivity index (χ1n) is 8.92. The number of nitrogens with zero attached hydrogens (tertiary/aromatic N) is 2. The number of likely N-dealkylation sites (tertiary alicyclic amines) is 1. The number of aliphatic hydroxyl groups is 1. The number of hydrogen-bond donors (Lipinski definition) is 2. The third-order valence-corrected chi connectivity index (χ3v) is 4.98. The molecule has 1 saturated carbocycles. The van der Waals surface area contributed by atoms with Crippen LogP contribution in [0.5, 0.6) is 5.88 Å². The van der Waals surface area contributed by atoms with Gasteiger partial charge in [-0.25, -0.2) is 4.98 Å². The number of hydrogen-bond acceptors (Lipinski definition) is 5. The fourth-order valence-corrected chi connectivity index (χ4v) is 3.81. The molecule has 0 spiro atoms. The summed E-state index contributed by atoms with van der Waals surface area (Å²) in [6.07, 6.45) is 3.75. The molecule has 2 heterocycles. The van der Waals surface area contributed by atoms with E-state index in [0.29, 0.717) is 30.6 Å². The van der Waals surface area contributed by atoms with E-state index in [4.69, 9.17) is 4.74 Å². The lowest BCUT2D eigenvalue weighted by molar-refractivity contribution is 0.0901. The number of carbonyl (C=O) groups excluding carboxylic acids is 1. The predicted octanol–water partition coefficient (Wildman–Crippen LogP) is 1.51. The van der Waals surface area contributed by atoms with Crippen LogP contribution in [-0.4, -0.2) is 58.8 Å². The molecule has 1 aromatic heterocycles. The highest BCUT2D eigenvalue weighted by molar-refractivity contribution is 5.96. The van der Waals surface area contributed by atoms with Gasteiger partial charge in [0.05, 0.1) is 12.7 Å². The summed E-state index contributed by atoms with van der Waals surface area (Å²) in [6, 6.07) is 4.06. The highest BCUT2D eigenvalue weighted by Gasteiger charge is 2.36. The van der Waals surface area contributed by atoms with Crippen molar-refractivity contribution in [1.82, 2.24) is 15.2 Å². The second-order valence-electron chi connectivity index (χ2n) is 6.75. The van der Waals surface area contributed by atoms with Crippen LogP contribution < -0.4 is 10.1 Å². The monoisotopic (exact) mass is 333 g/mol. The average Bonchev–Trinajstić information content (AvgIpc) is 3.16. The highest BCUT2D eigenvalue weighted by atomic mass is 16.5. The van der Waals surface area contributed by atoms with Gasteiger partial charge < -0.3 is 15.2 Å². The van der Waals surface area contributed by atoms with Gasteiger partial charge in [0.2, 0.25) is 5.88 Å². The molecule has 0 bridgehead atoms. The molecule has 0 radical (unpaired) electrons. The lowest BCUT2D eigenvalue weighted by Gasteiger charge is -2.29. The van der Waals surface area contributed by atoms with E-state index in [2.05, 4.69) is 15.2 Å². The third-order valence-electron chi connectivity index (χ3n) is 4.98. The fourth-order valence-electron chi connectivity index (χ4n) is 3.81. The topological polar surface area (TPSA) is 74.7 Å². The Morgan fingerprint density at radius 2 is 2.25 bits per heavy atom. The summed E-state index contributed by atoms with van der Waals surface area (Å²) in [6.45, 7) is 5.88. The third kappa shape index (κ3) is 3.70. The summed E-state index contributed by atoms with van der Waals surface area (Å²) in [5, 5.41) is 12.9. The Morgan fingerprint density at radius 1 is 1.42 bits per heavy atom. The lowest BCUT2D eigenvalue weighted by atomic mass is 10.1. The zero-order valence-corrected chi connectivity index (χ0v) is 14.5. The van der Waals surface area contributed by atoms with Crippen LogP contribution in [0, 0.1) is 6.92 Å². The van der Waals surface area contributed by atoms with Crippen molar-refractivity contribution in [1.29, 1.82) is 0 Å². The second-order valence-corrected chi connectivity index (χ2v) is 6.75. The number of β-amino-alcohol motifs (C(OH)–C–C–N with tert-alkyl or cyclic N) is 1. The molecule has 3 atom stereocenters. The smallest absolute Gasteiger partial charge is 0.257 e. The van der Waals surface area contributed by atoms with E-state index in [9.17, 15) is 9.90 Å². The van der Waals surface area contributed by atoms with Crippen molar-refractivity contribution in [3.8, 4) is 5.88 Å². The van der Waals surface area contributed by atoms with Crippen LogP contribution >= 0.6 is 0 Å². The number of aromatic nitrogens is 1. The van der Waals surface area contributed by atoms with E-state index < -0.39 is 0 Å². The minimum Gasteiger partial charge on any atom is -0.477 e. The Balaban J connectivity index is 1.70. The molecule has 1 aliphatic heterocycles. The Bertz CT molecular complexity index is 593. The first-order chi connectivity index (χ1) is 11.6. The van der Waals surface area contributed by atoms with Gasteiger partial charge in [-0.2, -0.15) is 0 Å². The zero-order valence-electron chi connectivity index (χ0n) is 14.5. The highest BCUT2D eigenvalue weighted by Crippen LogP contribution is 2.28. The van der Waals surface area contributed by atoms with Gasteiger partial charge >= 0.3 is 0 Å². The molecule has 6 nitrogen and oxygen atoms in total. The first kappa shape index (κ1) is 17.2. The minimum atomic E-state index is -0.229. The van der Waals surface area contributed by atoms with Crippen molar-refractivity contribution < 1.29 is 14.6 Å². The SMILES string of the molecule is CCOc1nc(C)ccc1C(=O)N[C@@H]1CCC[C@@H]1N1CCC(O)C1. The average molecular weight is 333 g/mol. The molecule has 24 heavy (non-hydrogen) atoms. The van der Waals surface area contributed by atoms with Crippen LogP contribution in [0.2, 0.25) is 0 Å². The summed E-state index contributed by atoms with van der Waals surface area (Å²) in [5.41, 5.74) is 1.33. The van der Waals surface area contributed by atoms with Crippen molar-refractivity contribution in [2.24, 2.45) is 0 Å². The number of aliphatic hydroxyl groups excluding tert-OH is 1. The number of nitrogens with one attached hydrogen (secondary N) is 1.